The van der Waals surface area contributed by atoms with Crippen LogP contribution in [-0.2, 0) is 19.1 Å². The van der Waals surface area contributed by atoms with Gasteiger partial charge in [-0.25, -0.2) is 9.59 Å². The van der Waals surface area contributed by atoms with Crippen LogP contribution in [0.4, 0.5) is 0 Å². The number of rotatable bonds is 15. The second-order valence-corrected chi connectivity index (χ2v) is 9.45. The van der Waals surface area contributed by atoms with Gasteiger partial charge in [-0.2, -0.15) is 0 Å². The van der Waals surface area contributed by atoms with Gasteiger partial charge in [-0.05, 0) is 68.0 Å². The van der Waals surface area contributed by atoms with Gasteiger partial charge in [0.25, 0.3) is 0 Å². The summed E-state index contributed by atoms with van der Waals surface area (Å²) in [5, 5.41) is 0. The van der Waals surface area contributed by atoms with Crippen LogP contribution in [0.1, 0.15) is 77.0 Å². The van der Waals surface area contributed by atoms with Gasteiger partial charge < -0.3 is 18.9 Å². The van der Waals surface area contributed by atoms with E-state index in [9.17, 15) is 24.0 Å². The Hall–Kier alpha value is -4.86. The smallest absolute Gasteiger partial charge is 0.341 e. The minimum absolute atomic E-state index is 0.0242. The van der Waals surface area contributed by atoms with Crippen molar-refractivity contribution in [3.05, 3.63) is 89.7 Å². The lowest BCUT2D eigenvalue weighted by atomic mass is 9.94. The Morgan fingerprint density at radius 3 is 1.69 bits per heavy atom. The number of benzene rings is 2. The third kappa shape index (κ3) is 10.3. The third-order valence-electron chi connectivity index (χ3n) is 6.24. The second kappa shape index (κ2) is 16.4. The molecule has 0 radical (unpaired) electrons. The zero-order valence-electron chi connectivity index (χ0n) is 23.6. The van der Waals surface area contributed by atoms with Crippen LogP contribution in [0.3, 0.4) is 0 Å². The zero-order valence-corrected chi connectivity index (χ0v) is 23.6. The third-order valence-corrected chi connectivity index (χ3v) is 6.24. The summed E-state index contributed by atoms with van der Waals surface area (Å²) in [5.41, 5.74) is 0.799. The predicted octanol–water partition coefficient (Wildman–Crippen LogP) is 5.40. The number of Topliss-reactive ketones (excluding diaryl/α,β-unsaturated/α-hetero) is 1. The number of carbonyl (C=O) groups is 5. The van der Waals surface area contributed by atoms with Gasteiger partial charge in [0.15, 0.2) is 5.78 Å². The molecule has 0 spiro atoms. The number of ketones is 1. The van der Waals surface area contributed by atoms with Crippen molar-refractivity contribution in [1.82, 2.24) is 4.98 Å². The number of pyridine rings is 1. The molecule has 3 aromatic rings. The molecule has 10 heteroatoms. The van der Waals surface area contributed by atoms with Crippen LogP contribution in [0.15, 0.2) is 73.1 Å². The van der Waals surface area contributed by atoms with E-state index in [1.807, 2.05) is 0 Å². The van der Waals surface area contributed by atoms with E-state index in [2.05, 4.69) is 4.98 Å². The van der Waals surface area contributed by atoms with Crippen LogP contribution in [0.25, 0.3) is 0 Å². The van der Waals surface area contributed by atoms with Crippen molar-refractivity contribution in [2.75, 3.05) is 13.2 Å². The summed E-state index contributed by atoms with van der Waals surface area (Å²) < 4.78 is 21.1. The number of ether oxygens (including phenoxy) is 4. The molecule has 1 aromatic heterocycles. The number of nitrogens with zero attached hydrogens (tertiary/aromatic N) is 1. The SMILES string of the molecule is CC(=O)Oc1ccccc1C(=O)OCCC(CCCC(=O)c1cccnc1)CCOC(=O)c1ccccc1OC(C)=O. The topological polar surface area (TPSA) is 135 Å². The number of carbonyl (C=O) groups excluding carboxylic acids is 5. The Morgan fingerprint density at radius 1 is 0.690 bits per heavy atom. The molecule has 0 aliphatic rings. The minimum Gasteiger partial charge on any atom is -0.462 e. The maximum absolute atomic E-state index is 12.7. The molecule has 0 N–H and O–H groups in total. The van der Waals surface area contributed by atoms with E-state index in [-0.39, 0.29) is 47.5 Å². The van der Waals surface area contributed by atoms with E-state index in [0.29, 0.717) is 37.7 Å². The largest absolute Gasteiger partial charge is 0.462 e. The monoisotopic (exact) mass is 575 g/mol. The highest BCUT2D eigenvalue weighted by molar-refractivity contribution is 5.95. The molecule has 2 aromatic carbocycles. The summed E-state index contributed by atoms with van der Waals surface area (Å²) in [5.74, 6) is -2.22. The summed E-state index contributed by atoms with van der Waals surface area (Å²) in [4.78, 5) is 64.6. The Morgan fingerprint density at radius 2 is 1.21 bits per heavy atom. The summed E-state index contributed by atoms with van der Waals surface area (Å²) in [7, 11) is 0. The standard InChI is InChI=1S/C32H33NO9/c1-22(34)41-29-14-5-3-11-26(29)31(37)39-19-16-24(9-7-13-28(36)25-10-8-18-33-21-25)17-20-40-32(38)27-12-4-6-15-30(27)42-23(2)35/h3-6,8,10-12,14-15,18,21,24H,7,9,13,16-17,19-20H2,1-2H3. The zero-order chi connectivity index (χ0) is 30.3. The first-order chi connectivity index (χ1) is 20.2. The lowest BCUT2D eigenvalue weighted by Crippen LogP contribution is -2.16. The molecule has 0 amide bonds. The molecular weight excluding hydrogens is 542 g/mol. The fourth-order valence-corrected chi connectivity index (χ4v) is 4.21. The predicted molar refractivity (Wildman–Crippen MR) is 151 cm³/mol. The molecule has 0 aliphatic heterocycles. The van der Waals surface area contributed by atoms with Crippen LogP contribution in [-0.4, -0.2) is 47.9 Å². The average molecular weight is 576 g/mol. The van der Waals surface area contributed by atoms with Crippen LogP contribution < -0.4 is 9.47 Å². The molecule has 10 nitrogen and oxygen atoms in total. The quantitative estimate of drug-likeness (QED) is 0.132. The fraction of sp³-hybridized carbons (Fsp3) is 0.312. The van der Waals surface area contributed by atoms with Gasteiger partial charge in [0, 0.05) is 38.2 Å². The second-order valence-electron chi connectivity index (χ2n) is 9.45. The first-order valence-corrected chi connectivity index (χ1v) is 13.6. The van der Waals surface area contributed by atoms with Crippen LogP contribution in [0, 0.1) is 5.92 Å². The molecule has 0 bridgehead atoms. The van der Waals surface area contributed by atoms with Gasteiger partial charge in [0.1, 0.15) is 22.6 Å². The number of para-hydroxylation sites is 2. The molecule has 0 fully saturated rings. The van der Waals surface area contributed by atoms with Gasteiger partial charge in [-0.15, -0.1) is 0 Å². The Balaban J connectivity index is 1.58. The summed E-state index contributed by atoms with van der Waals surface area (Å²) in [6.45, 7) is 2.62. The first kappa shape index (κ1) is 31.7. The summed E-state index contributed by atoms with van der Waals surface area (Å²) in [6.07, 6.45) is 5.53. The van der Waals surface area contributed by atoms with Crippen molar-refractivity contribution in [2.45, 2.75) is 46.0 Å². The van der Waals surface area contributed by atoms with Gasteiger partial charge in [-0.1, -0.05) is 24.3 Å². The van der Waals surface area contributed by atoms with E-state index < -0.39 is 23.9 Å². The van der Waals surface area contributed by atoms with Crippen LogP contribution in [0.5, 0.6) is 11.5 Å². The minimum atomic E-state index is -0.633. The maximum atomic E-state index is 12.7. The van der Waals surface area contributed by atoms with Crippen molar-refractivity contribution >= 4 is 29.7 Å². The van der Waals surface area contributed by atoms with Crippen LogP contribution >= 0.6 is 0 Å². The lowest BCUT2D eigenvalue weighted by Gasteiger charge is -2.17. The molecule has 3 rings (SSSR count). The van der Waals surface area contributed by atoms with E-state index in [0.717, 1.165) is 0 Å². The van der Waals surface area contributed by atoms with Crippen molar-refractivity contribution in [1.29, 1.82) is 0 Å². The van der Waals surface area contributed by atoms with E-state index >= 15 is 0 Å². The number of esters is 4. The van der Waals surface area contributed by atoms with Gasteiger partial charge in [0.05, 0.1) is 13.2 Å². The summed E-state index contributed by atoms with van der Waals surface area (Å²) >= 11 is 0. The van der Waals surface area contributed by atoms with Gasteiger partial charge in [-0.3, -0.25) is 19.4 Å². The number of hydrogen-bond donors (Lipinski definition) is 0. The van der Waals surface area contributed by atoms with Crippen LogP contribution in [0.2, 0.25) is 0 Å². The Kier molecular flexibility index (Phi) is 12.4. The van der Waals surface area contributed by atoms with Crippen molar-refractivity contribution < 1.29 is 42.9 Å². The summed E-state index contributed by atoms with van der Waals surface area (Å²) in [6, 6.07) is 16.0. The number of aromatic nitrogens is 1. The molecule has 0 aliphatic carbocycles. The molecule has 0 saturated heterocycles. The lowest BCUT2D eigenvalue weighted by molar-refractivity contribution is -0.132. The highest BCUT2D eigenvalue weighted by atomic mass is 16.6. The molecule has 0 saturated carbocycles. The first-order valence-electron chi connectivity index (χ1n) is 13.6. The molecule has 1 heterocycles. The molecule has 0 atom stereocenters. The van der Waals surface area contributed by atoms with E-state index in [1.54, 1.807) is 42.6 Å². The normalized spacial score (nSPS) is 10.5. The Labute approximate surface area is 244 Å². The molecular formula is C32H33NO9. The number of hydrogen-bond acceptors (Lipinski definition) is 10. The highest BCUT2D eigenvalue weighted by Crippen LogP contribution is 2.23. The molecule has 42 heavy (non-hydrogen) atoms. The van der Waals surface area contributed by atoms with Crippen molar-refractivity contribution in [3.8, 4) is 11.5 Å². The van der Waals surface area contributed by atoms with E-state index in [1.165, 1.54) is 44.3 Å². The highest BCUT2D eigenvalue weighted by Gasteiger charge is 2.19. The van der Waals surface area contributed by atoms with Gasteiger partial charge in [0.2, 0.25) is 0 Å². The average Bonchev–Trinajstić information content (AvgIpc) is 2.97. The van der Waals surface area contributed by atoms with Gasteiger partial charge >= 0.3 is 23.9 Å². The van der Waals surface area contributed by atoms with Crippen molar-refractivity contribution in [3.63, 3.8) is 0 Å². The Bertz CT molecular complexity index is 1310. The van der Waals surface area contributed by atoms with Crippen molar-refractivity contribution in [2.24, 2.45) is 5.92 Å². The molecule has 220 valence electrons. The molecule has 0 unspecified atom stereocenters. The maximum Gasteiger partial charge on any atom is 0.341 e. The fourth-order valence-electron chi connectivity index (χ4n) is 4.21. The van der Waals surface area contributed by atoms with E-state index in [4.69, 9.17) is 18.9 Å².